The molecule has 0 spiro atoms. The number of alkyl halides is 2. The van der Waals surface area contributed by atoms with Crippen molar-refractivity contribution in [3.63, 3.8) is 0 Å². The molecule has 0 aliphatic carbocycles. The van der Waals surface area contributed by atoms with Crippen molar-refractivity contribution in [3.05, 3.63) is 12.3 Å². The first-order chi connectivity index (χ1) is 8.04. The fraction of sp³-hybridized carbons (Fsp3) is 0.600. The van der Waals surface area contributed by atoms with Crippen molar-refractivity contribution < 1.29 is 23.8 Å². The number of amides is 1. The van der Waals surface area contributed by atoms with Crippen LogP contribution in [0.1, 0.15) is 6.42 Å². The average molecular weight is 355 g/mol. The Labute approximate surface area is 111 Å². The highest BCUT2D eigenvalue weighted by molar-refractivity contribution is 14.1. The first kappa shape index (κ1) is 12.9. The van der Waals surface area contributed by atoms with E-state index in [9.17, 15) is 19.1 Å². The number of ether oxygens (including phenoxy) is 1. The molecular formula is C10H11FINO4. The molecule has 0 aromatic heterocycles. The van der Waals surface area contributed by atoms with Gasteiger partial charge in [0, 0.05) is 10.6 Å². The summed E-state index contributed by atoms with van der Waals surface area (Å²) in [5.74, 6) is -0.788. The molecule has 0 bridgehead atoms. The molecule has 2 rings (SSSR count). The Morgan fingerprint density at radius 2 is 2.29 bits per heavy atom. The van der Waals surface area contributed by atoms with E-state index in [1.165, 1.54) is 12.3 Å². The van der Waals surface area contributed by atoms with E-state index in [1.54, 1.807) is 0 Å². The Balaban J connectivity index is 2.16. The number of halogens is 2. The van der Waals surface area contributed by atoms with Gasteiger partial charge in [0.1, 0.15) is 12.2 Å². The van der Waals surface area contributed by atoms with E-state index in [-0.39, 0.29) is 12.2 Å². The normalized spacial score (nSPS) is 37.9. The van der Waals surface area contributed by atoms with Crippen LogP contribution in [-0.2, 0) is 14.3 Å². The Bertz CT molecular complexity index is 375. The summed E-state index contributed by atoms with van der Waals surface area (Å²) in [5.41, 5.74) is 0. The van der Waals surface area contributed by atoms with Gasteiger partial charge in [-0.1, -0.05) is 22.6 Å². The van der Waals surface area contributed by atoms with Crippen LogP contribution in [0.4, 0.5) is 4.39 Å². The maximum absolute atomic E-state index is 13.6. The molecule has 0 unspecified atom stereocenters. The molecule has 0 aromatic rings. The predicted molar refractivity (Wildman–Crippen MR) is 64.1 cm³/mol. The molecule has 1 fully saturated rings. The van der Waals surface area contributed by atoms with Gasteiger partial charge in [-0.3, -0.25) is 14.5 Å². The number of aliphatic hydroxyl groups is 1. The molecule has 5 nitrogen and oxygen atoms in total. The second-order valence-electron chi connectivity index (χ2n) is 3.91. The minimum absolute atomic E-state index is 0.269. The molecule has 17 heavy (non-hydrogen) atoms. The molecule has 0 saturated carbocycles. The second-order valence-corrected chi connectivity index (χ2v) is 4.80. The van der Waals surface area contributed by atoms with Gasteiger partial charge in [0.15, 0.2) is 18.2 Å². The number of nitrogens with zero attached hydrogens (tertiary/aromatic N) is 1. The SMILES string of the molecule is O=C1C=CN([C@@H]2O[C@H](CI)[C@@H](F)[C@H]2O)C(=O)C1. The highest BCUT2D eigenvalue weighted by Crippen LogP contribution is 2.29. The van der Waals surface area contributed by atoms with E-state index in [0.29, 0.717) is 4.43 Å². The smallest absolute Gasteiger partial charge is 0.236 e. The van der Waals surface area contributed by atoms with Crippen molar-refractivity contribution in [1.82, 2.24) is 4.90 Å². The van der Waals surface area contributed by atoms with Gasteiger partial charge in [0.2, 0.25) is 5.91 Å². The minimum atomic E-state index is -1.52. The minimum Gasteiger partial charge on any atom is -0.385 e. The third kappa shape index (κ3) is 2.36. The number of carbonyl (C=O) groups is 2. The van der Waals surface area contributed by atoms with E-state index in [0.717, 1.165) is 4.90 Å². The number of hydrogen-bond acceptors (Lipinski definition) is 4. The lowest BCUT2D eigenvalue weighted by atomic mass is 10.1. The zero-order chi connectivity index (χ0) is 12.6. The lowest BCUT2D eigenvalue weighted by Crippen LogP contribution is -2.45. The van der Waals surface area contributed by atoms with E-state index in [4.69, 9.17) is 4.74 Å². The van der Waals surface area contributed by atoms with Crippen LogP contribution in [0, 0.1) is 0 Å². The third-order valence-corrected chi connectivity index (χ3v) is 3.62. The average Bonchev–Trinajstić information content (AvgIpc) is 2.57. The number of ketones is 1. The number of allylic oxidation sites excluding steroid dienone is 1. The number of carbonyl (C=O) groups excluding carboxylic acids is 2. The summed E-state index contributed by atoms with van der Waals surface area (Å²) in [5, 5.41) is 9.68. The van der Waals surface area contributed by atoms with Crippen LogP contribution in [0.25, 0.3) is 0 Å². The van der Waals surface area contributed by atoms with Crippen LogP contribution in [-0.4, -0.2) is 50.7 Å². The fourth-order valence-electron chi connectivity index (χ4n) is 1.84. The Morgan fingerprint density at radius 1 is 1.59 bits per heavy atom. The van der Waals surface area contributed by atoms with Crippen molar-refractivity contribution >= 4 is 34.3 Å². The summed E-state index contributed by atoms with van der Waals surface area (Å²) in [6.45, 7) is 0. The van der Waals surface area contributed by atoms with Crippen LogP contribution < -0.4 is 0 Å². The molecular weight excluding hydrogens is 344 g/mol. The standard InChI is InChI=1S/C10H11FINO4/c11-8-6(4-12)17-10(9(8)16)13-2-1-5(14)3-7(13)15/h1-2,6,8-10,16H,3-4H2/t6-,8-,9-,10-/m1/s1. The quantitative estimate of drug-likeness (QED) is 0.436. The lowest BCUT2D eigenvalue weighted by molar-refractivity contribution is -0.147. The van der Waals surface area contributed by atoms with E-state index >= 15 is 0 Å². The number of aliphatic hydroxyl groups excluding tert-OH is 1. The summed E-state index contributed by atoms with van der Waals surface area (Å²) in [6.07, 6.45) is -2.47. The Morgan fingerprint density at radius 3 is 2.82 bits per heavy atom. The topological polar surface area (TPSA) is 66.8 Å². The Kier molecular flexibility index (Phi) is 3.79. The molecule has 2 heterocycles. The molecule has 0 aromatic carbocycles. The zero-order valence-electron chi connectivity index (χ0n) is 8.75. The largest absolute Gasteiger partial charge is 0.385 e. The van der Waals surface area contributed by atoms with Gasteiger partial charge in [0.25, 0.3) is 0 Å². The van der Waals surface area contributed by atoms with Gasteiger partial charge < -0.3 is 9.84 Å². The van der Waals surface area contributed by atoms with Crippen LogP contribution in [0.3, 0.4) is 0 Å². The van der Waals surface area contributed by atoms with Crippen LogP contribution >= 0.6 is 22.6 Å². The number of hydrogen-bond donors (Lipinski definition) is 1. The van der Waals surface area contributed by atoms with Crippen molar-refractivity contribution in [1.29, 1.82) is 0 Å². The van der Waals surface area contributed by atoms with E-state index in [1.807, 2.05) is 22.6 Å². The van der Waals surface area contributed by atoms with Gasteiger partial charge in [-0.25, -0.2) is 4.39 Å². The summed E-state index contributed by atoms with van der Waals surface area (Å²) in [4.78, 5) is 23.7. The van der Waals surface area contributed by atoms with Crippen molar-refractivity contribution in [2.24, 2.45) is 0 Å². The highest BCUT2D eigenvalue weighted by Gasteiger charge is 2.47. The van der Waals surface area contributed by atoms with Gasteiger partial charge in [-0.15, -0.1) is 0 Å². The summed E-state index contributed by atoms with van der Waals surface area (Å²) < 4.78 is 19.3. The number of rotatable bonds is 2. The van der Waals surface area contributed by atoms with Gasteiger partial charge in [-0.05, 0) is 6.08 Å². The lowest BCUT2D eigenvalue weighted by Gasteiger charge is -2.28. The maximum Gasteiger partial charge on any atom is 0.236 e. The van der Waals surface area contributed by atoms with Crippen molar-refractivity contribution in [2.45, 2.75) is 31.0 Å². The van der Waals surface area contributed by atoms with Crippen molar-refractivity contribution in [2.75, 3.05) is 4.43 Å². The summed E-state index contributed by atoms with van der Waals surface area (Å²) >= 11 is 1.95. The molecule has 2 aliphatic heterocycles. The fourth-order valence-corrected chi connectivity index (χ4v) is 2.53. The van der Waals surface area contributed by atoms with Gasteiger partial charge >= 0.3 is 0 Å². The summed E-state index contributed by atoms with van der Waals surface area (Å²) in [7, 11) is 0. The van der Waals surface area contributed by atoms with E-state index in [2.05, 4.69) is 0 Å². The first-order valence-electron chi connectivity index (χ1n) is 5.10. The third-order valence-electron chi connectivity index (χ3n) is 2.75. The molecule has 1 N–H and O–H groups in total. The molecule has 2 aliphatic rings. The molecule has 1 saturated heterocycles. The Hall–Kier alpha value is -0.540. The monoisotopic (exact) mass is 355 g/mol. The van der Waals surface area contributed by atoms with Gasteiger partial charge in [-0.2, -0.15) is 0 Å². The van der Waals surface area contributed by atoms with Gasteiger partial charge in [0.05, 0.1) is 6.42 Å². The van der Waals surface area contributed by atoms with Crippen molar-refractivity contribution in [3.8, 4) is 0 Å². The first-order valence-corrected chi connectivity index (χ1v) is 6.63. The van der Waals surface area contributed by atoms with E-state index < -0.39 is 30.5 Å². The van der Waals surface area contributed by atoms with Crippen LogP contribution in [0.15, 0.2) is 12.3 Å². The molecule has 1 amide bonds. The van der Waals surface area contributed by atoms with Crippen LogP contribution in [0.2, 0.25) is 0 Å². The summed E-state index contributed by atoms with van der Waals surface area (Å²) in [6, 6.07) is 0. The molecule has 94 valence electrons. The van der Waals surface area contributed by atoms with Crippen LogP contribution in [0.5, 0.6) is 0 Å². The zero-order valence-corrected chi connectivity index (χ0v) is 10.9. The molecule has 4 atom stereocenters. The predicted octanol–water partition coefficient (Wildman–Crippen LogP) is 0.160. The molecule has 7 heteroatoms. The molecule has 0 radical (unpaired) electrons. The highest BCUT2D eigenvalue weighted by atomic mass is 127. The second kappa shape index (κ2) is 4.99. The maximum atomic E-state index is 13.6.